The molecule has 2 aliphatic rings. The molecule has 2 heterocycles. The number of carbonyl (C=O) groups excluding carboxylic acids is 1. The van der Waals surface area contributed by atoms with Gasteiger partial charge in [-0.25, -0.2) is 0 Å². The molecule has 1 aromatic rings. The first-order chi connectivity index (χ1) is 10.3. The summed E-state index contributed by atoms with van der Waals surface area (Å²) >= 11 is 0. The van der Waals surface area contributed by atoms with Crippen molar-refractivity contribution in [3.8, 4) is 0 Å². The molecule has 0 spiro atoms. The maximum Gasteiger partial charge on any atom is 0.233 e. The molecule has 0 unspecified atom stereocenters. The number of aromatic nitrogens is 2. The van der Waals surface area contributed by atoms with Crippen LogP contribution in [0.25, 0.3) is 0 Å². The highest BCUT2D eigenvalue weighted by Crippen LogP contribution is 2.31. The third-order valence-corrected chi connectivity index (χ3v) is 4.51. The lowest BCUT2D eigenvalue weighted by atomic mass is 9.86. The Hall–Kier alpha value is -1.43. The van der Waals surface area contributed by atoms with Gasteiger partial charge in [0.25, 0.3) is 0 Å². The van der Waals surface area contributed by atoms with Crippen LogP contribution in [0.1, 0.15) is 49.7 Å². The molecule has 3 rings (SSSR count). The molecule has 6 heteroatoms. The SMILES string of the molecule is COCCc1noc(C2CN(C(=O)C3CCCCC3)C2)n1. The molecular weight excluding hydrogens is 270 g/mol. The van der Waals surface area contributed by atoms with Crippen molar-refractivity contribution >= 4 is 5.91 Å². The van der Waals surface area contributed by atoms with Crippen LogP contribution < -0.4 is 0 Å². The Bertz CT molecular complexity index is 476. The zero-order valence-electron chi connectivity index (χ0n) is 12.6. The summed E-state index contributed by atoms with van der Waals surface area (Å²) in [6.07, 6.45) is 6.44. The molecule has 1 aromatic heterocycles. The number of rotatable bonds is 5. The van der Waals surface area contributed by atoms with Gasteiger partial charge >= 0.3 is 0 Å². The summed E-state index contributed by atoms with van der Waals surface area (Å²) in [5.41, 5.74) is 0. The number of likely N-dealkylation sites (tertiary alicyclic amines) is 1. The zero-order valence-corrected chi connectivity index (χ0v) is 12.6. The predicted octanol–water partition coefficient (Wildman–Crippen LogP) is 1.76. The van der Waals surface area contributed by atoms with Gasteiger partial charge < -0.3 is 14.2 Å². The minimum Gasteiger partial charge on any atom is -0.384 e. The van der Waals surface area contributed by atoms with E-state index >= 15 is 0 Å². The molecule has 1 saturated heterocycles. The fourth-order valence-electron chi connectivity index (χ4n) is 3.15. The summed E-state index contributed by atoms with van der Waals surface area (Å²) in [4.78, 5) is 18.7. The van der Waals surface area contributed by atoms with Crippen molar-refractivity contribution in [2.45, 2.75) is 44.4 Å². The van der Waals surface area contributed by atoms with E-state index in [-0.39, 0.29) is 11.8 Å². The van der Waals surface area contributed by atoms with E-state index in [1.807, 2.05) is 4.90 Å². The number of methoxy groups -OCH3 is 1. The van der Waals surface area contributed by atoms with Crippen LogP contribution in [0.4, 0.5) is 0 Å². The number of ether oxygens (including phenoxy) is 1. The molecule has 0 bridgehead atoms. The first-order valence-corrected chi connectivity index (χ1v) is 7.88. The number of nitrogens with zero attached hydrogens (tertiary/aromatic N) is 3. The van der Waals surface area contributed by atoms with Crippen LogP contribution in [0.15, 0.2) is 4.52 Å². The summed E-state index contributed by atoms with van der Waals surface area (Å²) in [6.45, 7) is 2.04. The van der Waals surface area contributed by atoms with Gasteiger partial charge in [-0.1, -0.05) is 24.4 Å². The Morgan fingerprint density at radius 2 is 2.10 bits per heavy atom. The van der Waals surface area contributed by atoms with Crippen molar-refractivity contribution in [3.05, 3.63) is 11.7 Å². The Balaban J connectivity index is 1.48. The second-order valence-electron chi connectivity index (χ2n) is 6.07. The van der Waals surface area contributed by atoms with Crippen LogP contribution in [-0.2, 0) is 16.0 Å². The third kappa shape index (κ3) is 3.26. The van der Waals surface area contributed by atoms with Crippen molar-refractivity contribution in [1.82, 2.24) is 15.0 Å². The number of amides is 1. The first-order valence-electron chi connectivity index (χ1n) is 7.88. The summed E-state index contributed by atoms with van der Waals surface area (Å²) in [5, 5.41) is 3.95. The molecule has 1 aliphatic carbocycles. The van der Waals surface area contributed by atoms with E-state index in [9.17, 15) is 4.79 Å². The highest BCUT2D eigenvalue weighted by atomic mass is 16.5. The molecule has 0 N–H and O–H groups in total. The van der Waals surface area contributed by atoms with Gasteiger partial charge in [0, 0.05) is 32.5 Å². The molecule has 1 aliphatic heterocycles. The molecule has 6 nitrogen and oxygen atoms in total. The standard InChI is InChI=1S/C15H23N3O3/c1-20-8-7-13-16-14(21-17-13)12-9-18(10-12)15(19)11-5-3-2-4-6-11/h11-12H,2-10H2,1H3. The average Bonchev–Trinajstić information content (AvgIpc) is 2.93. The monoisotopic (exact) mass is 293 g/mol. The van der Waals surface area contributed by atoms with E-state index in [4.69, 9.17) is 9.26 Å². The lowest BCUT2D eigenvalue weighted by Crippen LogP contribution is -2.51. The number of hydrogen-bond donors (Lipinski definition) is 0. The molecular formula is C15H23N3O3. The molecule has 1 amide bonds. The van der Waals surface area contributed by atoms with Crippen molar-refractivity contribution in [2.24, 2.45) is 5.92 Å². The first kappa shape index (κ1) is 14.5. The normalized spacial score (nSPS) is 20.5. The fraction of sp³-hybridized carbons (Fsp3) is 0.800. The van der Waals surface area contributed by atoms with Crippen molar-refractivity contribution in [1.29, 1.82) is 0 Å². The number of hydrogen-bond acceptors (Lipinski definition) is 5. The maximum atomic E-state index is 12.3. The van der Waals surface area contributed by atoms with E-state index < -0.39 is 0 Å². The van der Waals surface area contributed by atoms with Crippen LogP contribution >= 0.6 is 0 Å². The Labute approximate surface area is 124 Å². The summed E-state index contributed by atoms with van der Waals surface area (Å²) in [5.74, 6) is 2.13. The predicted molar refractivity (Wildman–Crippen MR) is 75.8 cm³/mol. The minimum absolute atomic E-state index is 0.210. The Morgan fingerprint density at radius 1 is 1.33 bits per heavy atom. The van der Waals surface area contributed by atoms with Crippen LogP contribution in [0.3, 0.4) is 0 Å². The van der Waals surface area contributed by atoms with Crippen LogP contribution in [0, 0.1) is 5.92 Å². The van der Waals surface area contributed by atoms with Crippen molar-refractivity contribution < 1.29 is 14.1 Å². The highest BCUT2D eigenvalue weighted by molar-refractivity contribution is 5.79. The summed E-state index contributed by atoms with van der Waals surface area (Å²) in [7, 11) is 1.65. The fourth-order valence-corrected chi connectivity index (χ4v) is 3.15. The van der Waals surface area contributed by atoms with E-state index in [0.717, 1.165) is 25.9 Å². The van der Waals surface area contributed by atoms with Gasteiger partial charge in [0.2, 0.25) is 11.8 Å². The molecule has 0 aromatic carbocycles. The van der Waals surface area contributed by atoms with Gasteiger partial charge in [0.05, 0.1) is 12.5 Å². The van der Waals surface area contributed by atoms with Gasteiger partial charge in [-0.05, 0) is 12.8 Å². The molecule has 21 heavy (non-hydrogen) atoms. The quantitative estimate of drug-likeness (QED) is 0.827. The molecule has 116 valence electrons. The Morgan fingerprint density at radius 3 is 2.81 bits per heavy atom. The van der Waals surface area contributed by atoms with E-state index in [1.165, 1.54) is 19.3 Å². The third-order valence-electron chi connectivity index (χ3n) is 4.51. The largest absolute Gasteiger partial charge is 0.384 e. The second kappa shape index (κ2) is 6.56. The van der Waals surface area contributed by atoms with Gasteiger partial charge in [-0.15, -0.1) is 0 Å². The van der Waals surface area contributed by atoms with Crippen molar-refractivity contribution in [2.75, 3.05) is 26.8 Å². The van der Waals surface area contributed by atoms with E-state index in [1.54, 1.807) is 7.11 Å². The smallest absolute Gasteiger partial charge is 0.233 e. The van der Waals surface area contributed by atoms with E-state index in [0.29, 0.717) is 30.7 Å². The Kier molecular flexibility index (Phi) is 4.53. The van der Waals surface area contributed by atoms with Gasteiger partial charge in [-0.3, -0.25) is 4.79 Å². The van der Waals surface area contributed by atoms with Gasteiger partial charge in [0.1, 0.15) is 0 Å². The molecule has 1 saturated carbocycles. The molecule has 2 fully saturated rings. The summed E-state index contributed by atoms with van der Waals surface area (Å²) < 4.78 is 10.3. The lowest BCUT2D eigenvalue weighted by molar-refractivity contribution is -0.141. The maximum absolute atomic E-state index is 12.3. The average molecular weight is 293 g/mol. The minimum atomic E-state index is 0.210. The topological polar surface area (TPSA) is 68.5 Å². The van der Waals surface area contributed by atoms with Gasteiger partial charge in [0.15, 0.2) is 5.82 Å². The molecule has 0 atom stereocenters. The van der Waals surface area contributed by atoms with Crippen LogP contribution in [0.5, 0.6) is 0 Å². The summed E-state index contributed by atoms with van der Waals surface area (Å²) in [6, 6.07) is 0. The van der Waals surface area contributed by atoms with E-state index in [2.05, 4.69) is 10.1 Å². The number of carbonyl (C=O) groups is 1. The van der Waals surface area contributed by atoms with Crippen molar-refractivity contribution in [3.63, 3.8) is 0 Å². The molecule has 0 radical (unpaired) electrons. The lowest BCUT2D eigenvalue weighted by Gasteiger charge is -2.39. The second-order valence-corrected chi connectivity index (χ2v) is 6.07. The zero-order chi connectivity index (χ0) is 14.7. The van der Waals surface area contributed by atoms with Crippen LogP contribution in [-0.4, -0.2) is 47.8 Å². The highest BCUT2D eigenvalue weighted by Gasteiger charge is 2.38. The van der Waals surface area contributed by atoms with Gasteiger partial charge in [-0.2, -0.15) is 4.98 Å². The van der Waals surface area contributed by atoms with Crippen LogP contribution in [0.2, 0.25) is 0 Å².